The Bertz CT molecular complexity index is 481. The van der Waals surface area contributed by atoms with Crippen LogP contribution in [0.25, 0.3) is 5.57 Å². The number of nitrogens with zero attached hydrogens (tertiary/aromatic N) is 1. The first-order chi connectivity index (χ1) is 8.86. The number of hydrogen-bond donors (Lipinski definition) is 1. The Morgan fingerprint density at radius 1 is 1.44 bits per heavy atom. The lowest BCUT2D eigenvalue weighted by molar-refractivity contribution is 0.324. The molecule has 3 heteroatoms. The lowest BCUT2D eigenvalue weighted by atomic mass is 9.89. The fourth-order valence-corrected chi connectivity index (χ4v) is 2.96. The highest BCUT2D eigenvalue weighted by molar-refractivity contribution is 5.68. The van der Waals surface area contributed by atoms with Crippen LogP contribution in [0.2, 0.25) is 0 Å². The zero-order valence-electron chi connectivity index (χ0n) is 10.4. The summed E-state index contributed by atoms with van der Waals surface area (Å²) in [5.74, 6) is 2.26. The lowest BCUT2D eigenvalue weighted by Gasteiger charge is -2.25. The molecule has 0 unspecified atom stereocenters. The third-order valence-electron chi connectivity index (χ3n) is 3.87. The number of nitrogens with one attached hydrogen (secondary N) is 1. The first-order valence-corrected chi connectivity index (χ1v) is 6.51. The van der Waals surface area contributed by atoms with Gasteiger partial charge in [-0.2, -0.15) is 0 Å². The van der Waals surface area contributed by atoms with Crippen LogP contribution in [0.4, 0.5) is 0 Å². The molecule has 2 aliphatic rings. The summed E-state index contributed by atoms with van der Waals surface area (Å²) in [7, 11) is 0. The molecule has 3 nitrogen and oxygen atoms in total. The minimum atomic E-state index is 0.741. The average Bonchev–Trinajstić information content (AvgIpc) is 2.83. The molecule has 94 valence electrons. The maximum absolute atomic E-state index is 5.29. The highest BCUT2D eigenvalue weighted by Gasteiger charge is 2.30. The Labute approximate surface area is 108 Å². The van der Waals surface area contributed by atoms with Gasteiger partial charge in [0.25, 0.3) is 0 Å². The Kier molecular flexibility index (Phi) is 3.15. The first-order valence-electron chi connectivity index (χ1n) is 6.51. The van der Waals surface area contributed by atoms with Crippen molar-refractivity contribution in [3.8, 4) is 5.75 Å². The summed E-state index contributed by atoms with van der Waals surface area (Å²) in [6, 6.07) is 2.05. The van der Waals surface area contributed by atoms with Gasteiger partial charge in [0, 0.05) is 6.20 Å². The maximum atomic E-state index is 5.29. The van der Waals surface area contributed by atoms with Gasteiger partial charge in [-0.3, -0.25) is 4.98 Å². The van der Waals surface area contributed by atoms with Gasteiger partial charge in [0.1, 0.15) is 5.75 Å². The normalized spacial score (nSPS) is 26.3. The molecule has 1 fully saturated rings. The van der Waals surface area contributed by atoms with E-state index in [2.05, 4.69) is 23.0 Å². The SMILES string of the molecule is C=COc1cncc(C2=C[C@H]3CCNC[C@H]3C2)c1. The fourth-order valence-electron chi connectivity index (χ4n) is 2.96. The molecule has 0 saturated carbocycles. The summed E-state index contributed by atoms with van der Waals surface area (Å²) >= 11 is 0. The van der Waals surface area contributed by atoms with E-state index in [-0.39, 0.29) is 0 Å². The van der Waals surface area contributed by atoms with Gasteiger partial charge in [-0.05, 0) is 55.0 Å². The van der Waals surface area contributed by atoms with Crippen molar-refractivity contribution < 1.29 is 4.74 Å². The van der Waals surface area contributed by atoms with Crippen LogP contribution < -0.4 is 10.1 Å². The Balaban J connectivity index is 1.82. The van der Waals surface area contributed by atoms with E-state index in [4.69, 9.17) is 4.74 Å². The Morgan fingerprint density at radius 3 is 3.22 bits per heavy atom. The molecule has 0 radical (unpaired) electrons. The second kappa shape index (κ2) is 4.94. The maximum Gasteiger partial charge on any atom is 0.145 e. The molecule has 1 aliphatic heterocycles. The minimum absolute atomic E-state index is 0.741. The number of allylic oxidation sites excluding steroid dienone is 2. The second-order valence-corrected chi connectivity index (χ2v) is 5.01. The van der Waals surface area contributed by atoms with E-state index >= 15 is 0 Å². The van der Waals surface area contributed by atoms with Crippen LogP contribution in [-0.2, 0) is 0 Å². The standard InChI is InChI=1S/C15H18N2O/c1-2-18-15-7-14(9-17-10-15)12-5-11-3-4-16-8-13(11)6-12/h2,5,7,9-11,13,16H,1,3-4,6,8H2/t11-,13-/m1/s1. The monoisotopic (exact) mass is 242 g/mol. The summed E-state index contributed by atoms with van der Waals surface area (Å²) in [4.78, 5) is 4.24. The molecule has 0 amide bonds. The van der Waals surface area contributed by atoms with Gasteiger partial charge in [-0.25, -0.2) is 0 Å². The predicted octanol–water partition coefficient (Wildman–Crippen LogP) is 2.62. The van der Waals surface area contributed by atoms with Crippen LogP contribution >= 0.6 is 0 Å². The summed E-state index contributed by atoms with van der Waals surface area (Å²) in [6.45, 7) is 5.85. The van der Waals surface area contributed by atoms with Gasteiger partial charge in [-0.1, -0.05) is 12.7 Å². The number of pyridine rings is 1. The van der Waals surface area contributed by atoms with Crippen molar-refractivity contribution in [3.05, 3.63) is 42.9 Å². The third kappa shape index (κ3) is 2.18. The van der Waals surface area contributed by atoms with Crippen LogP contribution in [0.3, 0.4) is 0 Å². The molecule has 1 aliphatic carbocycles. The van der Waals surface area contributed by atoms with E-state index in [9.17, 15) is 0 Å². The molecule has 1 N–H and O–H groups in total. The van der Waals surface area contributed by atoms with Gasteiger partial charge in [-0.15, -0.1) is 0 Å². The largest absolute Gasteiger partial charge is 0.464 e. The van der Waals surface area contributed by atoms with Crippen molar-refractivity contribution in [1.29, 1.82) is 0 Å². The smallest absolute Gasteiger partial charge is 0.145 e. The van der Waals surface area contributed by atoms with E-state index < -0.39 is 0 Å². The molecule has 0 bridgehead atoms. The van der Waals surface area contributed by atoms with E-state index in [1.54, 1.807) is 6.20 Å². The van der Waals surface area contributed by atoms with Gasteiger partial charge in [0.15, 0.2) is 0 Å². The highest BCUT2D eigenvalue weighted by atomic mass is 16.5. The quantitative estimate of drug-likeness (QED) is 0.827. The Hall–Kier alpha value is -1.61. The van der Waals surface area contributed by atoms with E-state index in [0.29, 0.717) is 0 Å². The number of piperidine rings is 1. The molecule has 1 aromatic heterocycles. The molecule has 3 rings (SSSR count). The van der Waals surface area contributed by atoms with Gasteiger partial charge >= 0.3 is 0 Å². The topological polar surface area (TPSA) is 34.1 Å². The zero-order chi connectivity index (χ0) is 12.4. The molecular formula is C15H18N2O. The van der Waals surface area contributed by atoms with Crippen LogP contribution in [0, 0.1) is 11.8 Å². The molecule has 2 heterocycles. The van der Waals surface area contributed by atoms with Crippen molar-refractivity contribution in [2.75, 3.05) is 13.1 Å². The molecule has 1 saturated heterocycles. The summed E-state index contributed by atoms with van der Waals surface area (Å²) in [5, 5.41) is 3.47. The highest BCUT2D eigenvalue weighted by Crippen LogP contribution is 2.39. The molecule has 1 aromatic rings. The van der Waals surface area contributed by atoms with Gasteiger partial charge in [0.2, 0.25) is 0 Å². The van der Waals surface area contributed by atoms with E-state index in [0.717, 1.165) is 37.1 Å². The summed E-state index contributed by atoms with van der Waals surface area (Å²) < 4.78 is 5.29. The molecule has 18 heavy (non-hydrogen) atoms. The van der Waals surface area contributed by atoms with Crippen molar-refractivity contribution >= 4 is 5.57 Å². The van der Waals surface area contributed by atoms with Gasteiger partial charge in [0.05, 0.1) is 12.5 Å². The summed E-state index contributed by atoms with van der Waals surface area (Å²) in [5.41, 5.74) is 2.60. The number of fused-ring (bicyclic) bond motifs is 1. The predicted molar refractivity (Wildman–Crippen MR) is 72.1 cm³/mol. The first kappa shape index (κ1) is 11.5. The molecule has 2 atom stereocenters. The Morgan fingerprint density at radius 2 is 2.39 bits per heavy atom. The van der Waals surface area contributed by atoms with Crippen LogP contribution in [0.1, 0.15) is 18.4 Å². The number of hydrogen-bond acceptors (Lipinski definition) is 3. The second-order valence-electron chi connectivity index (χ2n) is 5.01. The third-order valence-corrected chi connectivity index (χ3v) is 3.87. The van der Waals surface area contributed by atoms with E-state index in [1.807, 2.05) is 12.3 Å². The number of rotatable bonds is 3. The average molecular weight is 242 g/mol. The lowest BCUT2D eigenvalue weighted by Crippen LogP contribution is -2.33. The van der Waals surface area contributed by atoms with Crippen molar-refractivity contribution in [2.24, 2.45) is 11.8 Å². The zero-order valence-corrected chi connectivity index (χ0v) is 10.4. The van der Waals surface area contributed by atoms with Crippen molar-refractivity contribution in [1.82, 2.24) is 10.3 Å². The molecule has 0 aromatic carbocycles. The van der Waals surface area contributed by atoms with Crippen molar-refractivity contribution in [3.63, 3.8) is 0 Å². The summed E-state index contributed by atoms with van der Waals surface area (Å²) in [6.07, 6.45) is 9.91. The minimum Gasteiger partial charge on any atom is -0.464 e. The number of ether oxygens (including phenoxy) is 1. The fraction of sp³-hybridized carbons (Fsp3) is 0.400. The van der Waals surface area contributed by atoms with Crippen LogP contribution in [0.15, 0.2) is 37.4 Å². The van der Waals surface area contributed by atoms with E-state index in [1.165, 1.54) is 23.8 Å². The molecular weight excluding hydrogens is 224 g/mol. The van der Waals surface area contributed by atoms with Crippen molar-refractivity contribution in [2.45, 2.75) is 12.8 Å². The number of aromatic nitrogens is 1. The van der Waals surface area contributed by atoms with Crippen LogP contribution in [-0.4, -0.2) is 18.1 Å². The van der Waals surface area contributed by atoms with Crippen LogP contribution in [0.5, 0.6) is 5.75 Å². The molecule has 0 spiro atoms. The van der Waals surface area contributed by atoms with Gasteiger partial charge < -0.3 is 10.1 Å².